The number of aromatic amines is 1. The molecule has 0 saturated heterocycles. The number of hydrogen-bond acceptors (Lipinski definition) is 5. The number of thioether (sulfide) groups is 1. The van der Waals surface area contributed by atoms with Gasteiger partial charge in [0.15, 0.2) is 5.16 Å². The van der Waals surface area contributed by atoms with Gasteiger partial charge in [0.2, 0.25) is 0 Å². The Morgan fingerprint density at radius 3 is 2.95 bits per heavy atom. The zero-order valence-corrected chi connectivity index (χ0v) is 11.2. The zero-order chi connectivity index (χ0) is 14.7. The van der Waals surface area contributed by atoms with Gasteiger partial charge in [-0.25, -0.2) is 4.39 Å². The monoisotopic (exact) mass is 292 g/mol. The minimum Gasteiger partial charge on any atom is -0.265 e. The molecule has 0 aliphatic rings. The summed E-state index contributed by atoms with van der Waals surface area (Å²) in [7, 11) is 1.53. The van der Waals surface area contributed by atoms with E-state index in [4.69, 9.17) is 5.26 Å². The van der Waals surface area contributed by atoms with Crippen molar-refractivity contribution in [1.29, 1.82) is 5.26 Å². The summed E-state index contributed by atoms with van der Waals surface area (Å²) in [6.07, 6.45) is 0. The van der Waals surface area contributed by atoms with Crippen LogP contribution in [0.15, 0.2) is 32.9 Å². The number of nitriles is 1. The summed E-state index contributed by atoms with van der Waals surface area (Å²) in [5.41, 5.74) is -1.41. The molecular weight excluding hydrogens is 283 g/mol. The van der Waals surface area contributed by atoms with Gasteiger partial charge in [0.1, 0.15) is 11.9 Å². The number of H-pyrrole nitrogens is 1. The number of hydrogen-bond donors (Lipinski definition) is 1. The van der Waals surface area contributed by atoms with Crippen molar-refractivity contribution in [1.82, 2.24) is 14.8 Å². The number of aryl methyl sites for hydroxylation is 1. The molecule has 20 heavy (non-hydrogen) atoms. The van der Waals surface area contributed by atoms with E-state index in [0.29, 0.717) is 5.56 Å². The van der Waals surface area contributed by atoms with Crippen molar-refractivity contribution >= 4 is 11.8 Å². The van der Waals surface area contributed by atoms with Crippen LogP contribution in [0.2, 0.25) is 0 Å². The summed E-state index contributed by atoms with van der Waals surface area (Å²) in [6.45, 7) is 0. The van der Waals surface area contributed by atoms with E-state index in [1.165, 1.54) is 17.8 Å². The predicted molar refractivity (Wildman–Crippen MR) is 70.8 cm³/mol. The molecular formula is C12H9FN4O2S. The molecule has 0 bridgehead atoms. The molecule has 0 saturated carbocycles. The van der Waals surface area contributed by atoms with E-state index in [9.17, 15) is 14.0 Å². The summed E-state index contributed by atoms with van der Waals surface area (Å²) in [5, 5.41) is 11.3. The number of aromatic nitrogens is 3. The number of halogens is 1. The van der Waals surface area contributed by atoms with Gasteiger partial charge >= 0.3 is 11.1 Å². The fraction of sp³-hybridized carbons (Fsp3) is 0.167. The smallest absolute Gasteiger partial charge is 0.265 e. The quantitative estimate of drug-likeness (QED) is 0.666. The van der Waals surface area contributed by atoms with Gasteiger partial charge in [-0.3, -0.25) is 19.4 Å². The van der Waals surface area contributed by atoms with Gasteiger partial charge in [-0.1, -0.05) is 23.9 Å². The first kappa shape index (κ1) is 14.0. The molecule has 6 nitrogen and oxygen atoms in total. The minimum absolute atomic E-state index is 0.0357. The van der Waals surface area contributed by atoms with Crippen LogP contribution in [0, 0.1) is 17.1 Å². The lowest BCUT2D eigenvalue weighted by atomic mass is 10.1. The summed E-state index contributed by atoms with van der Waals surface area (Å²) in [6, 6.07) is 6.27. The van der Waals surface area contributed by atoms with Gasteiger partial charge in [0, 0.05) is 12.8 Å². The van der Waals surface area contributed by atoms with Gasteiger partial charge in [-0.05, 0) is 11.6 Å². The van der Waals surface area contributed by atoms with Crippen molar-refractivity contribution in [3.8, 4) is 6.07 Å². The molecule has 2 aromatic rings. The third kappa shape index (κ3) is 2.78. The summed E-state index contributed by atoms with van der Waals surface area (Å²) >= 11 is 1.09. The van der Waals surface area contributed by atoms with Gasteiger partial charge in [-0.15, -0.1) is 0 Å². The summed E-state index contributed by atoms with van der Waals surface area (Å²) < 4.78 is 15.1. The molecule has 0 amide bonds. The van der Waals surface area contributed by atoms with Crippen LogP contribution >= 0.6 is 11.8 Å². The molecule has 0 atom stereocenters. The van der Waals surface area contributed by atoms with Crippen LogP contribution in [0.3, 0.4) is 0 Å². The Labute approximate surface area is 116 Å². The van der Waals surface area contributed by atoms with E-state index < -0.39 is 16.9 Å². The number of nitrogens with one attached hydrogen (secondary N) is 1. The largest absolute Gasteiger partial charge is 0.339 e. The average molecular weight is 292 g/mol. The van der Waals surface area contributed by atoms with Gasteiger partial charge in [0.25, 0.3) is 0 Å². The average Bonchev–Trinajstić information content (AvgIpc) is 2.43. The Balaban J connectivity index is 2.26. The van der Waals surface area contributed by atoms with Crippen LogP contribution in [0.4, 0.5) is 4.39 Å². The molecule has 1 N–H and O–H groups in total. The third-order valence-corrected chi connectivity index (χ3v) is 3.58. The second-order valence-electron chi connectivity index (χ2n) is 3.88. The van der Waals surface area contributed by atoms with Gasteiger partial charge in [0.05, 0.1) is 5.56 Å². The predicted octanol–water partition coefficient (Wildman–Crippen LogP) is 0.772. The first-order valence-corrected chi connectivity index (χ1v) is 6.49. The molecule has 0 fully saturated rings. The molecule has 102 valence electrons. The summed E-state index contributed by atoms with van der Waals surface area (Å²) in [4.78, 5) is 25.8. The number of rotatable bonds is 3. The maximum absolute atomic E-state index is 13.8. The number of nitrogens with zero attached hydrogens (tertiary/aromatic N) is 3. The highest BCUT2D eigenvalue weighted by atomic mass is 32.2. The van der Waals surface area contributed by atoms with Crippen LogP contribution in [-0.2, 0) is 12.8 Å². The Kier molecular flexibility index (Phi) is 4.00. The molecule has 0 unspecified atom stereocenters. The van der Waals surface area contributed by atoms with Crippen LogP contribution in [-0.4, -0.2) is 14.8 Å². The molecule has 0 aliphatic heterocycles. The molecule has 8 heteroatoms. The van der Waals surface area contributed by atoms with Crippen molar-refractivity contribution in [2.45, 2.75) is 10.9 Å². The normalized spacial score (nSPS) is 10.2. The fourth-order valence-corrected chi connectivity index (χ4v) is 2.40. The Hall–Kier alpha value is -2.40. The van der Waals surface area contributed by atoms with Crippen LogP contribution < -0.4 is 11.1 Å². The van der Waals surface area contributed by atoms with Crippen LogP contribution in [0.5, 0.6) is 0 Å². The first-order valence-electron chi connectivity index (χ1n) is 5.50. The fourth-order valence-electron chi connectivity index (χ4n) is 1.51. The molecule has 0 spiro atoms. The van der Waals surface area contributed by atoms with Crippen molar-refractivity contribution in [3.63, 3.8) is 0 Å². The molecule has 2 rings (SSSR count). The lowest BCUT2D eigenvalue weighted by Gasteiger charge is -2.07. The zero-order valence-electron chi connectivity index (χ0n) is 10.4. The molecule has 1 aromatic heterocycles. The van der Waals surface area contributed by atoms with Crippen molar-refractivity contribution < 1.29 is 4.39 Å². The van der Waals surface area contributed by atoms with E-state index in [-0.39, 0.29) is 16.5 Å². The maximum Gasteiger partial charge on any atom is 0.339 e. The van der Waals surface area contributed by atoms with Crippen molar-refractivity contribution in [3.05, 3.63) is 55.9 Å². The Morgan fingerprint density at radius 1 is 1.50 bits per heavy atom. The van der Waals surface area contributed by atoms with E-state index in [0.717, 1.165) is 11.8 Å². The second kappa shape index (κ2) is 5.71. The number of benzene rings is 1. The highest BCUT2D eigenvalue weighted by Gasteiger charge is 2.10. The van der Waals surface area contributed by atoms with Crippen LogP contribution in [0.25, 0.3) is 0 Å². The highest BCUT2D eigenvalue weighted by molar-refractivity contribution is 7.98. The van der Waals surface area contributed by atoms with Gasteiger partial charge < -0.3 is 0 Å². The third-order valence-electron chi connectivity index (χ3n) is 2.50. The Morgan fingerprint density at radius 2 is 2.25 bits per heavy atom. The van der Waals surface area contributed by atoms with E-state index in [1.54, 1.807) is 18.2 Å². The topological polar surface area (TPSA) is 91.5 Å². The molecule has 1 aromatic carbocycles. The SMILES string of the molecule is Cn1[nH]c(=O)c(=O)nc1SCc1cccc(C#N)c1F. The van der Waals surface area contributed by atoms with Crippen LogP contribution in [0.1, 0.15) is 11.1 Å². The first-order chi connectivity index (χ1) is 9.52. The van der Waals surface area contributed by atoms with E-state index in [1.807, 2.05) is 0 Å². The van der Waals surface area contributed by atoms with E-state index in [2.05, 4.69) is 10.1 Å². The standard InChI is InChI=1S/C12H9FN4O2S/c1-17-12(15-10(18)11(19)16-17)20-6-8-4-2-3-7(5-14)9(8)13/h2-4H,6H2,1H3,(H,16,19). The van der Waals surface area contributed by atoms with Crippen molar-refractivity contribution in [2.75, 3.05) is 0 Å². The second-order valence-corrected chi connectivity index (χ2v) is 4.82. The lowest BCUT2D eigenvalue weighted by molar-refractivity contribution is 0.595. The van der Waals surface area contributed by atoms with Gasteiger partial charge in [-0.2, -0.15) is 10.2 Å². The van der Waals surface area contributed by atoms with Crippen molar-refractivity contribution in [2.24, 2.45) is 7.05 Å². The highest BCUT2D eigenvalue weighted by Crippen LogP contribution is 2.22. The summed E-state index contributed by atoms with van der Waals surface area (Å²) in [5.74, 6) is -0.398. The van der Waals surface area contributed by atoms with E-state index >= 15 is 0 Å². The maximum atomic E-state index is 13.8. The molecule has 0 radical (unpaired) electrons. The minimum atomic E-state index is -0.892. The lowest BCUT2D eigenvalue weighted by Crippen LogP contribution is -2.33. The molecule has 1 heterocycles. The molecule has 0 aliphatic carbocycles. The Bertz CT molecular complexity index is 806.